The van der Waals surface area contributed by atoms with Crippen molar-refractivity contribution in [1.82, 2.24) is 15.2 Å². The molecule has 8 nitrogen and oxygen atoms in total. The second-order valence-electron chi connectivity index (χ2n) is 6.48. The van der Waals surface area contributed by atoms with Crippen molar-refractivity contribution < 1.29 is 18.4 Å². The molecule has 4 rings (SSSR count). The minimum atomic E-state index is -0.400. The maximum Gasteiger partial charge on any atom is 0.237 e. The molecule has 3 heterocycles. The number of amides is 1. The largest absolute Gasteiger partial charge is 0.497 e. The molecule has 4 aromatic rings. The zero-order valence-electron chi connectivity index (χ0n) is 16.9. The lowest BCUT2D eigenvalue weighted by Crippen LogP contribution is -2.25. The lowest BCUT2D eigenvalue weighted by atomic mass is 10.2. The smallest absolute Gasteiger partial charge is 0.237 e. The molecule has 1 N–H and O–H groups in total. The fourth-order valence-electron chi connectivity index (χ4n) is 2.87. The fraction of sp³-hybridized carbons (Fsp3) is 0.182. The molecule has 31 heavy (non-hydrogen) atoms. The number of benzene rings is 1. The van der Waals surface area contributed by atoms with Crippen LogP contribution in [-0.2, 0) is 4.79 Å². The average molecular weight is 436 g/mol. The van der Waals surface area contributed by atoms with E-state index in [9.17, 15) is 4.79 Å². The molecule has 0 radical (unpaired) electrons. The van der Waals surface area contributed by atoms with Gasteiger partial charge in [0.25, 0.3) is 0 Å². The Morgan fingerprint density at radius 3 is 2.29 bits per heavy atom. The van der Waals surface area contributed by atoms with Crippen LogP contribution in [0.25, 0.3) is 22.9 Å². The van der Waals surface area contributed by atoms with E-state index in [1.807, 2.05) is 6.92 Å². The number of nitrogens with one attached hydrogen (secondary N) is 1. The molecule has 1 amide bonds. The minimum Gasteiger partial charge on any atom is -0.497 e. The molecule has 0 aliphatic heterocycles. The highest BCUT2D eigenvalue weighted by molar-refractivity contribution is 8.00. The molecule has 0 aliphatic rings. The van der Waals surface area contributed by atoms with Gasteiger partial charge in [0.1, 0.15) is 11.4 Å². The van der Waals surface area contributed by atoms with Crippen LogP contribution in [0.1, 0.15) is 13.3 Å². The first-order valence-corrected chi connectivity index (χ1v) is 10.5. The second kappa shape index (κ2) is 9.48. The number of anilines is 1. The molecule has 9 heteroatoms. The second-order valence-corrected chi connectivity index (χ2v) is 7.65. The SMILES string of the molecule is CCC(Sc1nnc(-c2ccco2)c(-c2ccco2)n1)C(=O)Nc1ccc(OC)cc1. The lowest BCUT2D eigenvalue weighted by Gasteiger charge is -2.14. The monoisotopic (exact) mass is 436 g/mol. The summed E-state index contributed by atoms with van der Waals surface area (Å²) >= 11 is 1.25. The van der Waals surface area contributed by atoms with E-state index in [1.165, 1.54) is 11.8 Å². The summed E-state index contributed by atoms with van der Waals surface area (Å²) in [5.74, 6) is 1.66. The van der Waals surface area contributed by atoms with Crippen molar-refractivity contribution in [3.63, 3.8) is 0 Å². The van der Waals surface area contributed by atoms with Gasteiger partial charge in [0.15, 0.2) is 17.2 Å². The molecule has 1 atom stereocenters. The highest BCUT2D eigenvalue weighted by Gasteiger charge is 2.23. The van der Waals surface area contributed by atoms with Gasteiger partial charge in [0.05, 0.1) is 24.9 Å². The number of ether oxygens (including phenoxy) is 1. The molecule has 0 fully saturated rings. The third-order valence-corrected chi connectivity index (χ3v) is 5.66. The van der Waals surface area contributed by atoms with Crippen molar-refractivity contribution in [1.29, 1.82) is 0 Å². The van der Waals surface area contributed by atoms with Crippen LogP contribution in [0.15, 0.2) is 75.0 Å². The minimum absolute atomic E-state index is 0.143. The van der Waals surface area contributed by atoms with Gasteiger partial charge in [-0.2, -0.15) is 0 Å². The molecule has 3 aromatic heterocycles. The first-order chi connectivity index (χ1) is 15.2. The molecule has 0 spiro atoms. The summed E-state index contributed by atoms with van der Waals surface area (Å²) in [4.78, 5) is 17.4. The molecule has 0 aliphatic carbocycles. The van der Waals surface area contributed by atoms with E-state index in [0.717, 1.165) is 5.75 Å². The molecule has 1 aromatic carbocycles. The zero-order chi connectivity index (χ0) is 21.6. The van der Waals surface area contributed by atoms with Gasteiger partial charge in [0.2, 0.25) is 11.1 Å². The molecular weight excluding hydrogens is 416 g/mol. The average Bonchev–Trinajstić information content (AvgIpc) is 3.52. The number of nitrogens with zero attached hydrogens (tertiary/aromatic N) is 3. The number of thioether (sulfide) groups is 1. The Hall–Kier alpha value is -3.59. The van der Waals surface area contributed by atoms with Gasteiger partial charge in [-0.1, -0.05) is 18.7 Å². The van der Waals surface area contributed by atoms with Gasteiger partial charge in [-0.25, -0.2) is 4.98 Å². The Morgan fingerprint density at radius 2 is 1.71 bits per heavy atom. The molecular formula is C22H20N4O4S. The van der Waals surface area contributed by atoms with Crippen LogP contribution in [0.4, 0.5) is 5.69 Å². The highest BCUT2D eigenvalue weighted by atomic mass is 32.2. The van der Waals surface area contributed by atoms with Crippen LogP contribution >= 0.6 is 11.8 Å². The number of carbonyl (C=O) groups excluding carboxylic acids is 1. The summed E-state index contributed by atoms with van der Waals surface area (Å²) in [5, 5.41) is 11.4. The van der Waals surface area contributed by atoms with Crippen LogP contribution in [0.5, 0.6) is 5.75 Å². The number of hydrogen-bond acceptors (Lipinski definition) is 8. The van der Waals surface area contributed by atoms with Gasteiger partial charge in [-0.3, -0.25) is 4.79 Å². The molecule has 1 unspecified atom stereocenters. The predicted octanol–water partition coefficient (Wildman–Crippen LogP) is 4.91. The number of rotatable bonds is 8. The number of carbonyl (C=O) groups is 1. The summed E-state index contributed by atoms with van der Waals surface area (Å²) in [6.07, 6.45) is 3.71. The van der Waals surface area contributed by atoms with E-state index in [1.54, 1.807) is 68.2 Å². The zero-order valence-corrected chi connectivity index (χ0v) is 17.8. The van der Waals surface area contributed by atoms with E-state index in [0.29, 0.717) is 40.2 Å². The maximum atomic E-state index is 12.8. The molecule has 0 saturated carbocycles. The van der Waals surface area contributed by atoms with Crippen LogP contribution in [0, 0.1) is 0 Å². The summed E-state index contributed by atoms with van der Waals surface area (Å²) in [6, 6.07) is 14.3. The maximum absolute atomic E-state index is 12.8. The van der Waals surface area contributed by atoms with E-state index >= 15 is 0 Å². The first-order valence-electron chi connectivity index (χ1n) is 9.62. The van der Waals surface area contributed by atoms with Gasteiger partial charge >= 0.3 is 0 Å². The quantitative estimate of drug-likeness (QED) is 0.389. The standard InChI is InChI=1S/C22H20N4O4S/c1-3-18(21(27)23-14-8-10-15(28-2)11-9-14)31-22-24-19(16-6-4-12-29-16)20(25-26-22)17-7-5-13-30-17/h4-13,18H,3H2,1-2H3,(H,23,27). The predicted molar refractivity (Wildman–Crippen MR) is 117 cm³/mol. The molecule has 0 saturated heterocycles. The Morgan fingerprint density at radius 1 is 1.03 bits per heavy atom. The van der Waals surface area contributed by atoms with Gasteiger partial charge in [-0.15, -0.1) is 10.2 Å². The summed E-state index contributed by atoms with van der Waals surface area (Å²) in [7, 11) is 1.60. The number of furan rings is 2. The molecule has 158 valence electrons. The van der Waals surface area contributed by atoms with E-state index in [4.69, 9.17) is 13.6 Å². The van der Waals surface area contributed by atoms with Gasteiger partial charge in [0, 0.05) is 5.69 Å². The van der Waals surface area contributed by atoms with E-state index in [2.05, 4.69) is 20.5 Å². The van der Waals surface area contributed by atoms with Gasteiger partial charge in [-0.05, 0) is 55.0 Å². The van der Waals surface area contributed by atoms with E-state index < -0.39 is 5.25 Å². The van der Waals surface area contributed by atoms with Crippen molar-refractivity contribution in [3.8, 4) is 28.7 Å². The summed E-state index contributed by atoms with van der Waals surface area (Å²) in [6.45, 7) is 1.93. The molecule has 0 bridgehead atoms. The summed E-state index contributed by atoms with van der Waals surface area (Å²) < 4.78 is 16.1. The third kappa shape index (κ3) is 4.77. The van der Waals surface area contributed by atoms with Crippen LogP contribution in [0.3, 0.4) is 0 Å². The summed E-state index contributed by atoms with van der Waals surface area (Å²) in [5.41, 5.74) is 1.66. The van der Waals surface area contributed by atoms with Crippen LogP contribution in [0.2, 0.25) is 0 Å². The van der Waals surface area contributed by atoms with Gasteiger partial charge < -0.3 is 18.9 Å². The fourth-order valence-corrected chi connectivity index (χ4v) is 3.69. The third-order valence-electron chi connectivity index (χ3n) is 4.44. The Kier molecular flexibility index (Phi) is 6.32. The number of methoxy groups -OCH3 is 1. The van der Waals surface area contributed by atoms with E-state index in [-0.39, 0.29) is 5.91 Å². The number of hydrogen-bond donors (Lipinski definition) is 1. The van der Waals surface area contributed by atoms with Crippen LogP contribution < -0.4 is 10.1 Å². The van der Waals surface area contributed by atoms with Crippen molar-refractivity contribution in [2.75, 3.05) is 12.4 Å². The number of aromatic nitrogens is 3. The van der Waals surface area contributed by atoms with Crippen molar-refractivity contribution in [3.05, 3.63) is 61.1 Å². The lowest BCUT2D eigenvalue weighted by molar-refractivity contribution is -0.115. The first kappa shape index (κ1) is 20.7. The van der Waals surface area contributed by atoms with Crippen molar-refractivity contribution in [2.24, 2.45) is 0 Å². The van der Waals surface area contributed by atoms with Crippen LogP contribution in [-0.4, -0.2) is 33.4 Å². The Bertz CT molecular complexity index is 1130. The normalized spacial score (nSPS) is 11.8. The Balaban J connectivity index is 1.55. The highest BCUT2D eigenvalue weighted by Crippen LogP contribution is 2.32. The topological polar surface area (TPSA) is 103 Å². The van der Waals surface area contributed by atoms with Crippen molar-refractivity contribution in [2.45, 2.75) is 23.8 Å². The Labute approximate surface area is 183 Å². The van der Waals surface area contributed by atoms with Crippen molar-refractivity contribution >= 4 is 23.4 Å².